The summed E-state index contributed by atoms with van der Waals surface area (Å²) in [6, 6.07) is 9.60. The van der Waals surface area contributed by atoms with Crippen molar-refractivity contribution in [3.05, 3.63) is 30.3 Å². The fourth-order valence-corrected chi connectivity index (χ4v) is 4.50. The van der Waals surface area contributed by atoms with E-state index < -0.39 is 5.60 Å². The maximum absolute atomic E-state index is 12.5. The Morgan fingerprint density at radius 1 is 1.03 bits per heavy atom. The molecule has 4 rings (SSSR count). The van der Waals surface area contributed by atoms with E-state index >= 15 is 0 Å². The number of nitrogens with zero attached hydrogens (tertiary/aromatic N) is 3. The van der Waals surface area contributed by atoms with Gasteiger partial charge in [-0.05, 0) is 38.1 Å². The van der Waals surface area contributed by atoms with Gasteiger partial charge >= 0.3 is 6.09 Å². The third-order valence-electron chi connectivity index (χ3n) is 6.28. The molecule has 7 heteroatoms. The van der Waals surface area contributed by atoms with Gasteiger partial charge in [-0.1, -0.05) is 18.2 Å². The zero-order valence-electron chi connectivity index (χ0n) is 17.1. The lowest BCUT2D eigenvalue weighted by molar-refractivity contribution is -0.134. The standard InChI is InChI=1S/C22H31N3O4/c26-20(8-13-23-11-4-5-12-23)24-14-9-22(10-15-24)18-25(21(27)29-22)16-17-28-19-6-2-1-3-7-19/h1-3,6-7H,4-5,8-18H2. The first kappa shape index (κ1) is 20.0. The van der Waals surface area contributed by atoms with E-state index in [9.17, 15) is 9.59 Å². The van der Waals surface area contributed by atoms with Crippen LogP contribution in [-0.2, 0) is 9.53 Å². The number of rotatable bonds is 7. The summed E-state index contributed by atoms with van der Waals surface area (Å²) < 4.78 is 11.5. The molecule has 1 spiro atoms. The van der Waals surface area contributed by atoms with Crippen molar-refractivity contribution >= 4 is 12.0 Å². The van der Waals surface area contributed by atoms with E-state index in [0.29, 0.717) is 52.0 Å². The highest BCUT2D eigenvalue weighted by atomic mass is 16.6. The van der Waals surface area contributed by atoms with Crippen molar-refractivity contribution in [1.29, 1.82) is 0 Å². The monoisotopic (exact) mass is 401 g/mol. The number of ether oxygens (including phenoxy) is 2. The molecule has 7 nitrogen and oxygen atoms in total. The van der Waals surface area contributed by atoms with E-state index in [1.165, 1.54) is 12.8 Å². The first-order chi connectivity index (χ1) is 14.1. The van der Waals surface area contributed by atoms with Gasteiger partial charge in [0.25, 0.3) is 0 Å². The van der Waals surface area contributed by atoms with Crippen LogP contribution in [0.25, 0.3) is 0 Å². The number of benzene rings is 1. The molecule has 3 aliphatic rings. The molecule has 2 amide bonds. The van der Waals surface area contributed by atoms with Crippen LogP contribution < -0.4 is 4.74 Å². The molecule has 0 atom stereocenters. The topological polar surface area (TPSA) is 62.3 Å². The minimum Gasteiger partial charge on any atom is -0.492 e. The number of carbonyl (C=O) groups is 2. The second-order valence-corrected chi connectivity index (χ2v) is 8.31. The largest absolute Gasteiger partial charge is 0.492 e. The third kappa shape index (κ3) is 5.01. The van der Waals surface area contributed by atoms with Gasteiger partial charge in [0.2, 0.25) is 5.91 Å². The Morgan fingerprint density at radius 2 is 1.76 bits per heavy atom. The quantitative estimate of drug-likeness (QED) is 0.702. The molecule has 0 bridgehead atoms. The highest BCUT2D eigenvalue weighted by Gasteiger charge is 2.47. The highest BCUT2D eigenvalue weighted by molar-refractivity contribution is 5.76. The van der Waals surface area contributed by atoms with Crippen LogP contribution in [0.2, 0.25) is 0 Å². The SMILES string of the molecule is O=C(CCN1CCCC1)N1CCC2(CC1)CN(CCOc1ccccc1)C(=O)O2. The normalized spacial score (nSPS) is 21.6. The molecule has 0 aliphatic carbocycles. The lowest BCUT2D eigenvalue weighted by Crippen LogP contribution is -2.49. The van der Waals surface area contributed by atoms with E-state index in [0.717, 1.165) is 25.4 Å². The Labute approximate surface area is 172 Å². The van der Waals surface area contributed by atoms with Crippen molar-refractivity contribution in [1.82, 2.24) is 14.7 Å². The van der Waals surface area contributed by atoms with E-state index in [-0.39, 0.29) is 12.0 Å². The van der Waals surface area contributed by atoms with Crippen molar-refractivity contribution in [2.45, 2.75) is 37.7 Å². The third-order valence-corrected chi connectivity index (χ3v) is 6.28. The summed E-state index contributed by atoms with van der Waals surface area (Å²) in [6.07, 6.45) is 4.25. The average molecular weight is 402 g/mol. The van der Waals surface area contributed by atoms with Gasteiger partial charge in [0, 0.05) is 38.9 Å². The van der Waals surface area contributed by atoms with Crippen molar-refractivity contribution in [3.63, 3.8) is 0 Å². The summed E-state index contributed by atoms with van der Waals surface area (Å²) in [5.74, 6) is 1.03. The Hall–Kier alpha value is -2.28. The van der Waals surface area contributed by atoms with Gasteiger partial charge < -0.3 is 24.2 Å². The van der Waals surface area contributed by atoms with Gasteiger partial charge in [-0.25, -0.2) is 4.79 Å². The van der Waals surface area contributed by atoms with Crippen molar-refractivity contribution < 1.29 is 19.1 Å². The summed E-state index contributed by atoms with van der Waals surface area (Å²) in [6.45, 7) is 5.97. The van der Waals surface area contributed by atoms with E-state index in [2.05, 4.69) is 4.90 Å². The first-order valence-electron chi connectivity index (χ1n) is 10.8. The van der Waals surface area contributed by atoms with Crippen LogP contribution in [-0.4, -0.2) is 84.7 Å². The van der Waals surface area contributed by atoms with E-state index in [4.69, 9.17) is 9.47 Å². The molecule has 1 aromatic carbocycles. The van der Waals surface area contributed by atoms with Gasteiger partial charge in [0.15, 0.2) is 0 Å². The molecule has 0 radical (unpaired) electrons. The molecular formula is C22H31N3O4. The lowest BCUT2D eigenvalue weighted by atomic mass is 9.91. The summed E-state index contributed by atoms with van der Waals surface area (Å²) in [4.78, 5) is 30.9. The van der Waals surface area contributed by atoms with Crippen LogP contribution in [0.3, 0.4) is 0 Å². The zero-order valence-corrected chi connectivity index (χ0v) is 17.1. The molecule has 3 aliphatic heterocycles. The van der Waals surface area contributed by atoms with Crippen LogP contribution >= 0.6 is 0 Å². The van der Waals surface area contributed by atoms with Crippen molar-refractivity contribution in [3.8, 4) is 5.75 Å². The zero-order chi connectivity index (χ0) is 20.1. The maximum Gasteiger partial charge on any atom is 0.410 e. The minimum absolute atomic E-state index is 0.226. The molecule has 3 fully saturated rings. The van der Waals surface area contributed by atoms with Gasteiger partial charge in [0.1, 0.15) is 18.0 Å². The molecule has 0 unspecified atom stereocenters. The smallest absolute Gasteiger partial charge is 0.410 e. The number of carbonyl (C=O) groups excluding carboxylic acids is 2. The lowest BCUT2D eigenvalue weighted by Gasteiger charge is -2.37. The second kappa shape index (κ2) is 9.03. The van der Waals surface area contributed by atoms with Crippen LogP contribution in [0, 0.1) is 0 Å². The molecule has 1 aromatic rings. The van der Waals surface area contributed by atoms with Crippen LogP contribution in [0.1, 0.15) is 32.1 Å². The summed E-state index contributed by atoms with van der Waals surface area (Å²) >= 11 is 0. The summed E-state index contributed by atoms with van der Waals surface area (Å²) in [7, 11) is 0. The number of hydrogen-bond donors (Lipinski definition) is 0. The molecule has 29 heavy (non-hydrogen) atoms. The van der Waals surface area contributed by atoms with Gasteiger partial charge in [0.05, 0.1) is 13.1 Å². The Morgan fingerprint density at radius 3 is 2.48 bits per heavy atom. The molecule has 0 N–H and O–H groups in total. The molecule has 158 valence electrons. The molecule has 0 aromatic heterocycles. The number of likely N-dealkylation sites (tertiary alicyclic amines) is 2. The van der Waals surface area contributed by atoms with Gasteiger partial charge in [-0.3, -0.25) is 4.79 Å². The minimum atomic E-state index is -0.449. The maximum atomic E-state index is 12.5. The van der Waals surface area contributed by atoms with Crippen LogP contribution in [0.15, 0.2) is 30.3 Å². The number of hydrogen-bond acceptors (Lipinski definition) is 5. The molecule has 0 saturated carbocycles. The fraction of sp³-hybridized carbons (Fsp3) is 0.636. The van der Waals surface area contributed by atoms with E-state index in [1.54, 1.807) is 4.90 Å². The summed E-state index contributed by atoms with van der Waals surface area (Å²) in [5.41, 5.74) is -0.449. The Bertz CT molecular complexity index is 697. The Balaban J connectivity index is 1.20. The van der Waals surface area contributed by atoms with Gasteiger partial charge in [-0.15, -0.1) is 0 Å². The second-order valence-electron chi connectivity index (χ2n) is 8.31. The molecule has 3 heterocycles. The predicted octanol–water partition coefficient (Wildman–Crippen LogP) is 2.36. The van der Waals surface area contributed by atoms with Crippen molar-refractivity contribution in [2.75, 3.05) is 52.4 Å². The van der Waals surface area contributed by atoms with E-state index in [1.807, 2.05) is 35.2 Å². The average Bonchev–Trinajstić information content (AvgIpc) is 3.36. The number of para-hydroxylation sites is 1. The number of amides is 2. The Kier molecular flexibility index (Phi) is 6.23. The summed E-state index contributed by atoms with van der Waals surface area (Å²) in [5, 5.41) is 0. The van der Waals surface area contributed by atoms with Crippen LogP contribution in [0.4, 0.5) is 4.79 Å². The molecule has 3 saturated heterocycles. The van der Waals surface area contributed by atoms with Crippen molar-refractivity contribution in [2.24, 2.45) is 0 Å². The molecular weight excluding hydrogens is 370 g/mol. The highest BCUT2D eigenvalue weighted by Crippen LogP contribution is 2.33. The predicted molar refractivity (Wildman–Crippen MR) is 109 cm³/mol. The fourth-order valence-electron chi connectivity index (χ4n) is 4.50. The van der Waals surface area contributed by atoms with Crippen LogP contribution in [0.5, 0.6) is 5.75 Å². The van der Waals surface area contributed by atoms with Gasteiger partial charge in [-0.2, -0.15) is 0 Å². The first-order valence-corrected chi connectivity index (χ1v) is 10.8. The number of piperidine rings is 1.